The van der Waals surface area contributed by atoms with Crippen LogP contribution in [0, 0.1) is 5.41 Å². The Labute approximate surface area is 94.4 Å². The topological polar surface area (TPSA) is 21.6 Å². The molecule has 0 aromatic heterocycles. The first kappa shape index (κ1) is 14.2. The molecule has 0 aliphatic carbocycles. The van der Waals surface area contributed by atoms with Crippen LogP contribution in [0.25, 0.3) is 0 Å². The van der Waals surface area contributed by atoms with Gasteiger partial charge in [-0.05, 0) is 11.8 Å². The molecule has 0 saturated heterocycles. The zero-order valence-corrected chi connectivity index (χ0v) is 10.9. The SMILES string of the molecule is C=C(CCC)OC(CC(C)(C)CC)=NC. The van der Waals surface area contributed by atoms with Gasteiger partial charge in [0, 0.05) is 19.9 Å². The van der Waals surface area contributed by atoms with Gasteiger partial charge in [0.1, 0.15) is 0 Å². The van der Waals surface area contributed by atoms with Gasteiger partial charge in [0.25, 0.3) is 0 Å². The summed E-state index contributed by atoms with van der Waals surface area (Å²) in [5.74, 6) is 1.63. The van der Waals surface area contributed by atoms with Crippen molar-refractivity contribution in [2.24, 2.45) is 10.4 Å². The van der Waals surface area contributed by atoms with Crippen molar-refractivity contribution in [2.75, 3.05) is 7.05 Å². The first-order valence-electron chi connectivity index (χ1n) is 5.76. The molecule has 0 heterocycles. The van der Waals surface area contributed by atoms with Crippen LogP contribution in [0.2, 0.25) is 0 Å². The normalized spacial score (nSPS) is 12.7. The van der Waals surface area contributed by atoms with Crippen molar-refractivity contribution in [1.29, 1.82) is 0 Å². The van der Waals surface area contributed by atoms with E-state index in [1.54, 1.807) is 7.05 Å². The molecule has 0 radical (unpaired) electrons. The maximum Gasteiger partial charge on any atom is 0.189 e. The summed E-state index contributed by atoms with van der Waals surface area (Å²) in [5.41, 5.74) is 0.251. The molecule has 2 nitrogen and oxygen atoms in total. The Bertz CT molecular complexity index is 229. The first-order valence-corrected chi connectivity index (χ1v) is 5.76. The van der Waals surface area contributed by atoms with Crippen LogP contribution in [0.4, 0.5) is 0 Å². The Balaban J connectivity index is 4.23. The molecule has 0 aromatic rings. The fourth-order valence-corrected chi connectivity index (χ4v) is 1.19. The monoisotopic (exact) mass is 211 g/mol. The Morgan fingerprint density at radius 1 is 1.33 bits per heavy atom. The highest BCUT2D eigenvalue weighted by Crippen LogP contribution is 2.26. The van der Waals surface area contributed by atoms with Crippen molar-refractivity contribution in [3.63, 3.8) is 0 Å². The fraction of sp³-hybridized carbons (Fsp3) is 0.769. The van der Waals surface area contributed by atoms with E-state index < -0.39 is 0 Å². The third kappa shape index (κ3) is 6.32. The number of ether oxygens (including phenoxy) is 1. The molecule has 0 spiro atoms. The summed E-state index contributed by atoms with van der Waals surface area (Å²) in [4.78, 5) is 4.18. The lowest BCUT2D eigenvalue weighted by Gasteiger charge is -2.23. The molecule has 0 atom stereocenters. The summed E-state index contributed by atoms with van der Waals surface area (Å²) in [7, 11) is 1.78. The standard InChI is InChI=1S/C13H25NO/c1-7-9-11(3)15-12(14-6)10-13(4,5)8-2/h3,7-10H2,1-2,4-6H3. The van der Waals surface area contributed by atoms with E-state index in [9.17, 15) is 0 Å². The molecule has 0 bridgehead atoms. The minimum absolute atomic E-state index is 0.251. The van der Waals surface area contributed by atoms with Crippen molar-refractivity contribution in [1.82, 2.24) is 0 Å². The van der Waals surface area contributed by atoms with Crippen molar-refractivity contribution in [3.8, 4) is 0 Å². The van der Waals surface area contributed by atoms with E-state index in [2.05, 4.69) is 39.3 Å². The molecular weight excluding hydrogens is 186 g/mol. The predicted octanol–water partition coefficient (Wildman–Crippen LogP) is 4.17. The highest BCUT2D eigenvalue weighted by Gasteiger charge is 2.19. The van der Waals surface area contributed by atoms with Crippen LogP contribution in [-0.4, -0.2) is 12.9 Å². The molecule has 0 fully saturated rings. The molecule has 2 heteroatoms. The van der Waals surface area contributed by atoms with Gasteiger partial charge in [-0.1, -0.05) is 40.7 Å². The van der Waals surface area contributed by atoms with Crippen LogP contribution >= 0.6 is 0 Å². The van der Waals surface area contributed by atoms with Gasteiger partial charge < -0.3 is 4.74 Å². The molecular formula is C13H25NO. The number of nitrogens with zero attached hydrogens (tertiary/aromatic N) is 1. The van der Waals surface area contributed by atoms with Gasteiger partial charge in [-0.3, -0.25) is 4.99 Å². The van der Waals surface area contributed by atoms with Crippen molar-refractivity contribution < 1.29 is 4.74 Å². The van der Waals surface area contributed by atoms with Crippen molar-refractivity contribution in [3.05, 3.63) is 12.3 Å². The van der Waals surface area contributed by atoms with Gasteiger partial charge >= 0.3 is 0 Å². The third-order valence-electron chi connectivity index (χ3n) is 2.63. The summed E-state index contributed by atoms with van der Waals surface area (Å²) >= 11 is 0. The molecule has 15 heavy (non-hydrogen) atoms. The first-order chi connectivity index (χ1) is 6.95. The Hall–Kier alpha value is -0.790. The second-order valence-electron chi connectivity index (χ2n) is 4.70. The molecule has 0 amide bonds. The van der Waals surface area contributed by atoms with E-state index in [4.69, 9.17) is 4.74 Å². The number of aliphatic imine (C=N–C) groups is 1. The zero-order valence-electron chi connectivity index (χ0n) is 10.9. The van der Waals surface area contributed by atoms with E-state index in [-0.39, 0.29) is 5.41 Å². The van der Waals surface area contributed by atoms with E-state index in [1.807, 2.05) is 0 Å². The van der Waals surface area contributed by atoms with E-state index in [1.165, 1.54) is 0 Å². The largest absolute Gasteiger partial charge is 0.448 e. The summed E-state index contributed by atoms with van der Waals surface area (Å²) in [6, 6.07) is 0. The number of hydrogen-bond donors (Lipinski definition) is 0. The quantitative estimate of drug-likeness (QED) is 0.367. The lowest BCUT2D eigenvalue weighted by atomic mass is 9.86. The minimum Gasteiger partial charge on any atom is -0.448 e. The lowest BCUT2D eigenvalue weighted by molar-refractivity contribution is 0.313. The maximum absolute atomic E-state index is 5.63. The van der Waals surface area contributed by atoms with Crippen molar-refractivity contribution >= 4 is 5.90 Å². The van der Waals surface area contributed by atoms with Gasteiger partial charge in [-0.2, -0.15) is 0 Å². The minimum atomic E-state index is 0.251. The Morgan fingerprint density at radius 3 is 2.33 bits per heavy atom. The van der Waals surface area contributed by atoms with Gasteiger partial charge in [0.15, 0.2) is 5.90 Å². The van der Waals surface area contributed by atoms with Gasteiger partial charge in [0.05, 0.1) is 5.76 Å². The van der Waals surface area contributed by atoms with E-state index >= 15 is 0 Å². The zero-order chi connectivity index (χ0) is 11.9. The molecule has 0 aliphatic heterocycles. The summed E-state index contributed by atoms with van der Waals surface area (Å²) < 4.78 is 5.63. The van der Waals surface area contributed by atoms with E-state index in [0.29, 0.717) is 0 Å². The summed E-state index contributed by atoms with van der Waals surface area (Å²) in [6.07, 6.45) is 3.97. The average Bonchev–Trinajstić information content (AvgIpc) is 2.17. The van der Waals surface area contributed by atoms with Crippen LogP contribution in [0.3, 0.4) is 0 Å². The highest BCUT2D eigenvalue weighted by atomic mass is 16.5. The van der Waals surface area contributed by atoms with E-state index in [0.717, 1.165) is 37.3 Å². The molecule has 0 N–H and O–H groups in total. The second-order valence-corrected chi connectivity index (χ2v) is 4.70. The van der Waals surface area contributed by atoms with Gasteiger partial charge in [-0.15, -0.1) is 0 Å². The molecule has 0 aromatic carbocycles. The molecule has 0 saturated carbocycles. The average molecular weight is 211 g/mol. The summed E-state index contributed by atoms with van der Waals surface area (Å²) in [5, 5.41) is 0. The molecule has 0 unspecified atom stereocenters. The predicted molar refractivity (Wildman–Crippen MR) is 67.2 cm³/mol. The number of hydrogen-bond acceptors (Lipinski definition) is 2. The van der Waals surface area contributed by atoms with Crippen molar-refractivity contribution in [2.45, 2.75) is 53.4 Å². The second kappa shape index (κ2) is 6.65. The maximum atomic E-state index is 5.63. The number of rotatable bonds is 6. The Kier molecular flexibility index (Phi) is 6.30. The number of allylic oxidation sites excluding steroid dienone is 1. The summed E-state index contributed by atoms with van der Waals surface area (Å²) in [6.45, 7) is 12.6. The molecule has 88 valence electrons. The Morgan fingerprint density at radius 2 is 1.93 bits per heavy atom. The highest BCUT2D eigenvalue weighted by molar-refractivity contribution is 5.77. The smallest absolute Gasteiger partial charge is 0.189 e. The van der Waals surface area contributed by atoms with Gasteiger partial charge in [-0.25, -0.2) is 0 Å². The van der Waals surface area contributed by atoms with Crippen LogP contribution in [0.5, 0.6) is 0 Å². The molecule has 0 aliphatic rings. The lowest BCUT2D eigenvalue weighted by Crippen LogP contribution is -2.18. The van der Waals surface area contributed by atoms with Crippen LogP contribution in [0.1, 0.15) is 53.4 Å². The van der Waals surface area contributed by atoms with Crippen LogP contribution < -0.4 is 0 Å². The van der Waals surface area contributed by atoms with Gasteiger partial charge in [0.2, 0.25) is 0 Å². The molecule has 0 rings (SSSR count). The van der Waals surface area contributed by atoms with Crippen LogP contribution in [-0.2, 0) is 4.74 Å². The third-order valence-corrected chi connectivity index (χ3v) is 2.63. The fourth-order valence-electron chi connectivity index (χ4n) is 1.19. The van der Waals surface area contributed by atoms with Crippen LogP contribution in [0.15, 0.2) is 17.3 Å².